The second-order valence-electron chi connectivity index (χ2n) is 7.13. The van der Waals surface area contributed by atoms with Gasteiger partial charge in [0.1, 0.15) is 6.10 Å². The molecule has 1 rings (SSSR count). The molecule has 0 aromatic heterocycles. The first-order valence-electron chi connectivity index (χ1n) is 10.4. The van der Waals surface area contributed by atoms with Crippen LogP contribution in [0.15, 0.2) is 0 Å². The van der Waals surface area contributed by atoms with Gasteiger partial charge in [-0.1, -0.05) is 90.4 Å². The van der Waals surface area contributed by atoms with E-state index in [1.807, 2.05) is 0 Å². The first kappa shape index (κ1) is 27.1. The maximum atomic E-state index is 11.4. The van der Waals surface area contributed by atoms with Crippen LogP contribution in [0.25, 0.3) is 0 Å². The van der Waals surface area contributed by atoms with E-state index in [0.717, 1.165) is 19.3 Å². The summed E-state index contributed by atoms with van der Waals surface area (Å²) in [4.78, 5) is 11.4. The Balaban J connectivity index is 0.00000625. The number of phosphoric ester groups is 1. The minimum atomic E-state index is -4.12. The Morgan fingerprint density at radius 2 is 1.27 bits per heavy atom. The molecule has 7 heteroatoms. The average Bonchev–Trinajstić information content (AvgIpc) is 3.41. The van der Waals surface area contributed by atoms with Crippen molar-refractivity contribution in [2.45, 2.75) is 103 Å². The Bertz CT molecular complexity index is 353. The normalized spacial score (nSPS) is 18.3. The number of phosphoric acid groups is 1. The average molecular weight is 400 g/mol. The molecule has 0 aliphatic carbocycles. The number of unbranched alkanes of at least 4 members (excludes halogenated alkanes) is 13. The van der Waals surface area contributed by atoms with Gasteiger partial charge in [-0.3, -0.25) is 4.57 Å². The van der Waals surface area contributed by atoms with Gasteiger partial charge in [0, 0.05) is 0 Å². The van der Waals surface area contributed by atoms with Crippen LogP contribution in [0.1, 0.15) is 96.8 Å². The molecule has 150 valence electrons. The summed E-state index contributed by atoms with van der Waals surface area (Å²) in [5.74, 6) is 0. The van der Waals surface area contributed by atoms with Gasteiger partial charge in [-0.15, -0.1) is 0 Å². The van der Waals surface area contributed by atoms with Crippen molar-refractivity contribution >= 4 is 7.82 Å². The van der Waals surface area contributed by atoms with E-state index in [-0.39, 0.29) is 48.9 Å². The fourth-order valence-corrected chi connectivity index (χ4v) is 3.62. The van der Waals surface area contributed by atoms with Gasteiger partial charge >= 0.3 is 29.6 Å². The first-order valence-corrected chi connectivity index (χ1v) is 11.8. The molecule has 1 aliphatic rings. The fraction of sp³-hybridized carbons (Fsp3) is 1.00. The standard InChI is InChI=1S/C19H39O5P.Na/c1-2-3-4-5-6-7-8-9-10-11-12-13-14-15-16-23-25(20,21)24-18-19-17-22-19;/h19H,2-18H2,1H3,(H,20,21);/q;+1/p-1. The topological polar surface area (TPSA) is 71.1 Å². The number of ether oxygens (including phenoxy) is 1. The van der Waals surface area contributed by atoms with Crippen LogP contribution in [-0.2, 0) is 18.3 Å². The predicted octanol–water partition coefficient (Wildman–Crippen LogP) is 2.37. The van der Waals surface area contributed by atoms with Crippen molar-refractivity contribution in [3.8, 4) is 0 Å². The summed E-state index contributed by atoms with van der Waals surface area (Å²) in [6.45, 7) is 3.15. The fourth-order valence-electron chi connectivity index (χ4n) is 2.85. The van der Waals surface area contributed by atoms with Crippen molar-refractivity contribution in [3.63, 3.8) is 0 Å². The quantitative estimate of drug-likeness (QED) is 0.144. The third-order valence-electron chi connectivity index (χ3n) is 4.57. The summed E-state index contributed by atoms with van der Waals surface area (Å²) in [5.41, 5.74) is 0. The predicted molar refractivity (Wildman–Crippen MR) is 99.6 cm³/mol. The molecule has 1 fully saturated rings. The van der Waals surface area contributed by atoms with Crippen LogP contribution in [0, 0.1) is 0 Å². The molecule has 26 heavy (non-hydrogen) atoms. The minimum absolute atomic E-state index is 0. The van der Waals surface area contributed by atoms with Crippen molar-refractivity contribution in [1.29, 1.82) is 0 Å². The molecule has 0 spiro atoms. The Labute approximate surface area is 182 Å². The van der Waals surface area contributed by atoms with Gasteiger partial charge in [0.05, 0.1) is 19.8 Å². The molecule has 1 saturated heterocycles. The number of rotatable bonds is 19. The zero-order valence-electron chi connectivity index (χ0n) is 17.1. The van der Waals surface area contributed by atoms with Gasteiger partial charge in [0.15, 0.2) is 0 Å². The minimum Gasteiger partial charge on any atom is -0.756 e. The van der Waals surface area contributed by atoms with Crippen LogP contribution in [0.3, 0.4) is 0 Å². The maximum Gasteiger partial charge on any atom is 1.00 e. The molecule has 0 aromatic carbocycles. The van der Waals surface area contributed by atoms with Crippen molar-refractivity contribution in [2.75, 3.05) is 19.8 Å². The molecule has 0 amide bonds. The van der Waals surface area contributed by atoms with E-state index < -0.39 is 7.82 Å². The molecule has 0 saturated carbocycles. The van der Waals surface area contributed by atoms with E-state index in [2.05, 4.69) is 6.92 Å². The molecule has 0 radical (unpaired) electrons. The van der Waals surface area contributed by atoms with Gasteiger partial charge < -0.3 is 18.7 Å². The Hall–Kier alpha value is 1.07. The summed E-state index contributed by atoms with van der Waals surface area (Å²) in [5, 5.41) is 0. The Morgan fingerprint density at radius 3 is 1.69 bits per heavy atom. The van der Waals surface area contributed by atoms with Crippen molar-refractivity contribution in [3.05, 3.63) is 0 Å². The second kappa shape index (κ2) is 18.1. The maximum absolute atomic E-state index is 11.4. The van der Waals surface area contributed by atoms with E-state index in [1.54, 1.807) is 0 Å². The van der Waals surface area contributed by atoms with Gasteiger partial charge in [-0.25, -0.2) is 0 Å². The van der Waals surface area contributed by atoms with Gasteiger partial charge in [-0.05, 0) is 6.42 Å². The summed E-state index contributed by atoms with van der Waals surface area (Å²) < 4.78 is 25.9. The van der Waals surface area contributed by atoms with Crippen molar-refractivity contribution in [2.24, 2.45) is 0 Å². The summed E-state index contributed by atoms with van der Waals surface area (Å²) in [6, 6.07) is 0. The van der Waals surface area contributed by atoms with E-state index in [4.69, 9.17) is 13.8 Å². The van der Waals surface area contributed by atoms with E-state index in [9.17, 15) is 9.46 Å². The largest absolute Gasteiger partial charge is 1.00 e. The van der Waals surface area contributed by atoms with Crippen LogP contribution in [0.4, 0.5) is 0 Å². The van der Waals surface area contributed by atoms with Crippen LogP contribution in [0.2, 0.25) is 0 Å². The number of hydrogen-bond acceptors (Lipinski definition) is 5. The van der Waals surface area contributed by atoms with E-state index >= 15 is 0 Å². The Kier molecular flexibility index (Phi) is 18.9. The smallest absolute Gasteiger partial charge is 0.756 e. The van der Waals surface area contributed by atoms with Crippen LogP contribution in [0.5, 0.6) is 0 Å². The third-order valence-corrected chi connectivity index (χ3v) is 5.53. The summed E-state index contributed by atoms with van der Waals surface area (Å²) in [6.07, 6.45) is 17.8. The Morgan fingerprint density at radius 1 is 0.846 bits per heavy atom. The zero-order valence-corrected chi connectivity index (χ0v) is 20.0. The monoisotopic (exact) mass is 400 g/mol. The summed E-state index contributed by atoms with van der Waals surface area (Å²) >= 11 is 0. The van der Waals surface area contributed by atoms with E-state index in [1.165, 1.54) is 70.6 Å². The second-order valence-corrected chi connectivity index (χ2v) is 8.54. The molecule has 2 unspecified atom stereocenters. The molecular formula is C19H38NaO5P. The molecule has 0 N–H and O–H groups in total. The van der Waals surface area contributed by atoms with Gasteiger partial charge in [0.2, 0.25) is 0 Å². The SMILES string of the molecule is CCCCCCCCCCCCCCCCOP(=O)([O-])OCC1CO1.[Na+]. The molecule has 1 heterocycles. The van der Waals surface area contributed by atoms with Crippen molar-refractivity contribution < 1.29 is 52.8 Å². The molecule has 2 atom stereocenters. The number of hydrogen-bond donors (Lipinski definition) is 0. The number of epoxide rings is 1. The first-order chi connectivity index (χ1) is 12.1. The molecule has 0 aromatic rings. The van der Waals surface area contributed by atoms with E-state index in [0.29, 0.717) is 6.61 Å². The van der Waals surface area contributed by atoms with Crippen LogP contribution < -0.4 is 34.5 Å². The van der Waals surface area contributed by atoms with Gasteiger partial charge in [-0.2, -0.15) is 0 Å². The van der Waals surface area contributed by atoms with Gasteiger partial charge in [0.25, 0.3) is 7.82 Å². The summed E-state index contributed by atoms with van der Waals surface area (Å²) in [7, 11) is -4.12. The molecule has 1 aliphatic heterocycles. The van der Waals surface area contributed by atoms with Crippen LogP contribution >= 0.6 is 7.82 Å². The van der Waals surface area contributed by atoms with Crippen molar-refractivity contribution in [1.82, 2.24) is 0 Å². The zero-order chi connectivity index (χ0) is 18.2. The molecular weight excluding hydrogens is 362 g/mol. The third kappa shape index (κ3) is 18.4. The molecule has 5 nitrogen and oxygen atoms in total. The van der Waals surface area contributed by atoms with Crippen LogP contribution in [-0.4, -0.2) is 25.9 Å². The molecule has 0 bridgehead atoms.